The van der Waals surface area contributed by atoms with Gasteiger partial charge in [0.25, 0.3) is 5.89 Å². The fraction of sp³-hybridized carbons (Fsp3) is 0.818. The molecule has 0 amide bonds. The van der Waals surface area contributed by atoms with Crippen molar-refractivity contribution in [1.82, 2.24) is 19.9 Å². The van der Waals surface area contributed by atoms with Crippen LogP contribution in [0.15, 0.2) is 4.52 Å². The summed E-state index contributed by atoms with van der Waals surface area (Å²) >= 11 is 0. The summed E-state index contributed by atoms with van der Waals surface area (Å²) in [6.07, 6.45) is 0.250. The van der Waals surface area contributed by atoms with Crippen molar-refractivity contribution < 1.29 is 9.63 Å². The van der Waals surface area contributed by atoms with E-state index in [0.29, 0.717) is 5.82 Å². The van der Waals surface area contributed by atoms with Gasteiger partial charge >= 0.3 is 0 Å². The van der Waals surface area contributed by atoms with Gasteiger partial charge in [0.2, 0.25) is 0 Å². The zero-order valence-electron chi connectivity index (χ0n) is 10.9. The summed E-state index contributed by atoms with van der Waals surface area (Å²) < 4.78 is 5.06. The smallest absolute Gasteiger partial charge is 0.256 e. The van der Waals surface area contributed by atoms with E-state index in [1.165, 1.54) is 0 Å². The fourth-order valence-electron chi connectivity index (χ4n) is 2.17. The average molecular weight is 255 g/mol. The number of aliphatic hydroxyl groups excluding tert-OH is 1. The molecule has 3 N–H and O–H groups in total. The van der Waals surface area contributed by atoms with Crippen LogP contribution in [0.25, 0.3) is 0 Å². The molecule has 2 rings (SSSR count). The first-order chi connectivity index (χ1) is 8.61. The summed E-state index contributed by atoms with van der Waals surface area (Å²) in [5.41, 5.74) is 5.37. The highest BCUT2D eigenvalue weighted by atomic mass is 16.5. The van der Waals surface area contributed by atoms with Crippen LogP contribution >= 0.6 is 0 Å². The Morgan fingerprint density at radius 3 is 3.00 bits per heavy atom. The zero-order valence-corrected chi connectivity index (χ0v) is 10.9. The van der Waals surface area contributed by atoms with Gasteiger partial charge in [0.05, 0.1) is 6.04 Å². The number of hydrogen-bond acceptors (Lipinski definition) is 7. The Kier molecular flexibility index (Phi) is 4.28. The van der Waals surface area contributed by atoms with Gasteiger partial charge in [-0.1, -0.05) is 5.16 Å². The lowest BCUT2D eigenvalue weighted by molar-refractivity contribution is 0.141. The minimum atomic E-state index is -0.875. The van der Waals surface area contributed by atoms with Crippen molar-refractivity contribution in [3.05, 3.63) is 11.7 Å². The van der Waals surface area contributed by atoms with Gasteiger partial charge in [0.1, 0.15) is 6.10 Å². The molecule has 18 heavy (non-hydrogen) atoms. The highest BCUT2D eigenvalue weighted by Gasteiger charge is 2.27. The highest BCUT2D eigenvalue weighted by molar-refractivity contribution is 4.98. The first-order valence-corrected chi connectivity index (χ1v) is 6.22. The Balaban J connectivity index is 2.15. The van der Waals surface area contributed by atoms with Crippen molar-refractivity contribution >= 4 is 0 Å². The van der Waals surface area contributed by atoms with Crippen LogP contribution in [-0.2, 0) is 0 Å². The maximum absolute atomic E-state index is 9.57. The topological polar surface area (TPSA) is 91.7 Å². The van der Waals surface area contributed by atoms with Crippen molar-refractivity contribution in [2.75, 3.05) is 40.3 Å². The van der Waals surface area contributed by atoms with Crippen LogP contribution in [-0.4, -0.2) is 65.3 Å². The van der Waals surface area contributed by atoms with E-state index in [-0.39, 0.29) is 18.5 Å². The molecule has 0 radical (unpaired) electrons. The molecule has 0 aromatic carbocycles. The summed E-state index contributed by atoms with van der Waals surface area (Å²) in [5, 5.41) is 13.5. The van der Waals surface area contributed by atoms with Gasteiger partial charge < -0.3 is 20.3 Å². The third kappa shape index (κ3) is 2.86. The Labute approximate surface area is 107 Å². The number of aliphatic hydroxyl groups is 1. The largest absolute Gasteiger partial charge is 0.382 e. The van der Waals surface area contributed by atoms with Crippen LogP contribution in [0.3, 0.4) is 0 Å². The first kappa shape index (κ1) is 13.4. The molecule has 0 aliphatic carbocycles. The summed E-state index contributed by atoms with van der Waals surface area (Å²) in [6.45, 7) is 3.01. The number of hydrogen-bond donors (Lipinski definition) is 2. The Hall–Kier alpha value is -1.02. The summed E-state index contributed by atoms with van der Waals surface area (Å²) in [4.78, 5) is 8.72. The quantitative estimate of drug-likeness (QED) is 0.743. The van der Waals surface area contributed by atoms with Crippen LogP contribution < -0.4 is 5.73 Å². The van der Waals surface area contributed by atoms with Crippen LogP contribution in [0.2, 0.25) is 0 Å². The lowest BCUT2D eigenvalue weighted by Crippen LogP contribution is -2.31. The third-order valence-electron chi connectivity index (χ3n) is 3.33. The molecule has 102 valence electrons. The fourth-order valence-corrected chi connectivity index (χ4v) is 2.17. The Morgan fingerprint density at radius 1 is 1.50 bits per heavy atom. The molecule has 1 fully saturated rings. The minimum absolute atomic E-state index is 0.0854. The first-order valence-electron chi connectivity index (χ1n) is 6.22. The summed E-state index contributed by atoms with van der Waals surface area (Å²) in [5.74, 6) is 0.821. The second-order valence-corrected chi connectivity index (χ2v) is 4.85. The maximum Gasteiger partial charge on any atom is 0.256 e. The van der Waals surface area contributed by atoms with Crippen LogP contribution in [0.4, 0.5) is 0 Å². The number of nitrogens with two attached hydrogens (primary N) is 1. The molecule has 2 atom stereocenters. The van der Waals surface area contributed by atoms with Crippen molar-refractivity contribution in [3.8, 4) is 0 Å². The lowest BCUT2D eigenvalue weighted by atomic mass is 10.2. The number of aromatic nitrogens is 2. The van der Waals surface area contributed by atoms with Crippen LogP contribution in [0, 0.1) is 0 Å². The zero-order chi connectivity index (χ0) is 13.1. The van der Waals surface area contributed by atoms with Crippen molar-refractivity contribution in [2.24, 2.45) is 5.73 Å². The van der Waals surface area contributed by atoms with Crippen molar-refractivity contribution in [2.45, 2.75) is 18.6 Å². The van der Waals surface area contributed by atoms with Gasteiger partial charge in [-0.2, -0.15) is 4.98 Å². The minimum Gasteiger partial charge on any atom is -0.382 e. The normalized spacial score (nSPS) is 25.0. The third-order valence-corrected chi connectivity index (χ3v) is 3.33. The average Bonchev–Trinajstić information content (AvgIpc) is 2.77. The van der Waals surface area contributed by atoms with Gasteiger partial charge in [0.15, 0.2) is 5.82 Å². The molecular formula is C11H21N5O2. The number of nitrogens with zero attached hydrogens (tertiary/aromatic N) is 4. The Bertz CT molecular complexity index is 383. The van der Waals surface area contributed by atoms with E-state index in [1.54, 1.807) is 0 Å². The monoisotopic (exact) mass is 255 g/mol. The van der Waals surface area contributed by atoms with Crippen LogP contribution in [0.5, 0.6) is 0 Å². The predicted molar refractivity (Wildman–Crippen MR) is 65.8 cm³/mol. The predicted octanol–water partition coefficient (Wildman–Crippen LogP) is -0.630. The molecule has 1 unspecified atom stereocenters. The SMILES string of the molecule is CN1CCCN(C)C(c2noc([C@@H](O)CN)n2)C1. The van der Waals surface area contributed by atoms with Crippen LogP contribution in [0.1, 0.15) is 30.3 Å². The molecule has 1 aromatic rings. The maximum atomic E-state index is 9.57. The molecule has 1 aliphatic heterocycles. The van der Waals surface area contributed by atoms with E-state index in [0.717, 1.165) is 26.1 Å². The van der Waals surface area contributed by atoms with Crippen molar-refractivity contribution in [1.29, 1.82) is 0 Å². The molecule has 1 aromatic heterocycles. The highest BCUT2D eigenvalue weighted by Crippen LogP contribution is 2.21. The summed E-state index contributed by atoms with van der Waals surface area (Å²) in [6, 6.07) is 0.0972. The molecule has 7 heteroatoms. The second kappa shape index (κ2) is 5.75. The molecule has 1 aliphatic rings. The summed E-state index contributed by atoms with van der Waals surface area (Å²) in [7, 11) is 4.14. The van der Waals surface area contributed by atoms with Crippen molar-refractivity contribution in [3.63, 3.8) is 0 Å². The molecule has 1 saturated heterocycles. The molecule has 0 saturated carbocycles. The Morgan fingerprint density at radius 2 is 2.28 bits per heavy atom. The lowest BCUT2D eigenvalue weighted by Gasteiger charge is -2.24. The van der Waals surface area contributed by atoms with Gasteiger partial charge in [-0.15, -0.1) is 0 Å². The van der Waals surface area contributed by atoms with E-state index in [9.17, 15) is 5.11 Å². The van der Waals surface area contributed by atoms with E-state index < -0.39 is 6.10 Å². The van der Waals surface area contributed by atoms with E-state index in [2.05, 4.69) is 34.0 Å². The van der Waals surface area contributed by atoms with Gasteiger partial charge in [0, 0.05) is 13.1 Å². The molecular weight excluding hydrogens is 234 g/mol. The van der Waals surface area contributed by atoms with Gasteiger partial charge in [-0.25, -0.2) is 0 Å². The second-order valence-electron chi connectivity index (χ2n) is 4.85. The van der Waals surface area contributed by atoms with E-state index in [4.69, 9.17) is 10.3 Å². The number of rotatable bonds is 3. The molecule has 0 bridgehead atoms. The molecule has 2 heterocycles. The van der Waals surface area contributed by atoms with Gasteiger partial charge in [-0.3, -0.25) is 4.90 Å². The molecule has 7 nitrogen and oxygen atoms in total. The standard InChI is InChI=1S/C11H21N5O2/c1-15-4-3-5-16(2)8(7-15)10-13-11(18-14-10)9(17)6-12/h8-9,17H,3-7,12H2,1-2H3/t8?,9-/m0/s1. The molecule has 0 spiro atoms. The number of likely N-dealkylation sites (N-methyl/N-ethyl adjacent to an activating group) is 2. The van der Waals surface area contributed by atoms with E-state index in [1.807, 2.05) is 0 Å². The van der Waals surface area contributed by atoms with E-state index >= 15 is 0 Å². The van der Waals surface area contributed by atoms with Gasteiger partial charge in [-0.05, 0) is 33.6 Å².